The summed E-state index contributed by atoms with van der Waals surface area (Å²) in [5.74, 6) is 0.409. The summed E-state index contributed by atoms with van der Waals surface area (Å²) >= 11 is 7.11. The minimum atomic E-state index is -0.518. The monoisotopic (exact) mass is 775 g/mol. The van der Waals surface area contributed by atoms with Gasteiger partial charge in [0, 0.05) is 42.5 Å². The van der Waals surface area contributed by atoms with Crippen molar-refractivity contribution in [3.05, 3.63) is 75.8 Å². The van der Waals surface area contributed by atoms with Gasteiger partial charge in [-0.2, -0.15) is 0 Å². The lowest BCUT2D eigenvalue weighted by Crippen LogP contribution is -2.52. The number of amides is 3. The van der Waals surface area contributed by atoms with Crippen molar-refractivity contribution >= 4 is 35.0 Å². The lowest BCUT2D eigenvalue weighted by Gasteiger charge is -2.38. The fraction of sp³-hybridized carbons (Fsp3) is 0.500. The zero-order chi connectivity index (χ0) is 40.7. The Balaban J connectivity index is 0.000000425. The molecule has 1 aliphatic carbocycles. The number of nitrogens with one attached hydrogen (secondary N) is 3. The van der Waals surface area contributed by atoms with Crippen molar-refractivity contribution in [3.8, 4) is 28.3 Å². The summed E-state index contributed by atoms with van der Waals surface area (Å²) in [6.07, 6.45) is 8.48. The number of hydrogen-bond donors (Lipinski definition) is 4. The van der Waals surface area contributed by atoms with Crippen LogP contribution in [-0.4, -0.2) is 62.2 Å². The maximum Gasteiger partial charge on any atom is 0.260 e. The lowest BCUT2D eigenvalue weighted by atomic mass is 9.87. The van der Waals surface area contributed by atoms with Crippen LogP contribution in [0.3, 0.4) is 0 Å². The molecular formula is C44H62ClN5O5. The van der Waals surface area contributed by atoms with Gasteiger partial charge in [0.05, 0.1) is 23.4 Å². The molecule has 1 aromatic heterocycles. The average molecular weight is 776 g/mol. The van der Waals surface area contributed by atoms with E-state index < -0.39 is 11.8 Å². The van der Waals surface area contributed by atoms with Crippen LogP contribution in [0.1, 0.15) is 103 Å². The van der Waals surface area contributed by atoms with Gasteiger partial charge in [0.2, 0.25) is 11.8 Å². The van der Waals surface area contributed by atoms with Gasteiger partial charge in [-0.15, -0.1) is 0 Å². The minimum Gasteiger partial charge on any atom is -0.481 e. The molecule has 3 unspecified atom stereocenters. The summed E-state index contributed by atoms with van der Waals surface area (Å²) in [6, 6.07) is 13.8. The molecule has 300 valence electrons. The van der Waals surface area contributed by atoms with Crippen molar-refractivity contribution in [2.45, 2.75) is 105 Å². The van der Waals surface area contributed by atoms with Crippen molar-refractivity contribution in [3.63, 3.8) is 0 Å². The number of fused-ring (bicyclic) bond motifs is 1. The molecule has 1 saturated heterocycles. The molecule has 3 aromatic rings. The zero-order valence-electron chi connectivity index (χ0n) is 34.3. The fourth-order valence-electron chi connectivity index (χ4n) is 7.03. The summed E-state index contributed by atoms with van der Waals surface area (Å²) < 4.78 is 11.3. The van der Waals surface area contributed by atoms with Crippen LogP contribution in [0.5, 0.6) is 5.88 Å². The van der Waals surface area contributed by atoms with Crippen molar-refractivity contribution in [2.24, 2.45) is 11.7 Å². The van der Waals surface area contributed by atoms with Crippen LogP contribution in [0.25, 0.3) is 22.4 Å². The van der Waals surface area contributed by atoms with E-state index in [-0.39, 0.29) is 36.2 Å². The van der Waals surface area contributed by atoms with Gasteiger partial charge in [-0.1, -0.05) is 103 Å². The molecule has 1 fully saturated rings. The highest BCUT2D eigenvalue weighted by Gasteiger charge is 2.35. The third-order valence-corrected chi connectivity index (χ3v) is 10.9. The van der Waals surface area contributed by atoms with E-state index in [9.17, 15) is 14.4 Å². The summed E-state index contributed by atoms with van der Waals surface area (Å²) in [5, 5.41) is 8.91. The average Bonchev–Trinajstić information content (AvgIpc) is 3.70. The minimum absolute atomic E-state index is 0.0122. The largest absolute Gasteiger partial charge is 0.481 e. The van der Waals surface area contributed by atoms with Crippen LogP contribution in [0.2, 0.25) is 5.02 Å². The van der Waals surface area contributed by atoms with E-state index in [0.717, 1.165) is 66.5 Å². The van der Waals surface area contributed by atoms with Crippen molar-refractivity contribution < 1.29 is 23.9 Å². The van der Waals surface area contributed by atoms with Crippen molar-refractivity contribution in [2.75, 3.05) is 39.2 Å². The first kappa shape index (κ1) is 45.1. The third kappa shape index (κ3) is 11.2. The second kappa shape index (κ2) is 21.7. The SMILES string of the molecule is CC.CCC(C)CC1(CC)CNC(=O)CO1.CCC(C)c1c(NC(=O)/C(=C/CN)C(=O)NC)cccc1-c1cccc(-c2cc3c(c(OC)n2)CCC3)c1Cl. The van der Waals surface area contributed by atoms with Crippen LogP contribution in [-0.2, 0) is 32.0 Å². The maximum atomic E-state index is 13.1. The molecule has 0 bridgehead atoms. The molecule has 5 N–H and O–H groups in total. The molecule has 2 aliphatic rings. The highest BCUT2D eigenvalue weighted by atomic mass is 35.5. The van der Waals surface area contributed by atoms with Gasteiger partial charge >= 0.3 is 0 Å². The standard InChI is InChI=1S/C31H35ClN4O3.C11H21NO2.C2H6/c1-5-18(2)27-21(11-8-14-25(27)35-30(38)24(15-16-33)29(37)34-3)22-12-7-13-23(28(22)32)26-17-19-9-6-10-20(19)31(36-26)39-4;1-4-9(3)6-11(5-2)8-12-10(13)7-14-11;1-2/h7-8,11-15,17-18H,5-6,9-10,16,33H2,1-4H3,(H,34,37)(H,35,38);9H,4-8H2,1-3H3,(H,12,13);1-2H3/b24-15+;;. The van der Waals surface area contributed by atoms with E-state index in [1.165, 1.54) is 30.7 Å². The first-order chi connectivity index (χ1) is 26.5. The van der Waals surface area contributed by atoms with E-state index in [1.54, 1.807) is 7.11 Å². The first-order valence-corrected chi connectivity index (χ1v) is 20.2. The molecule has 3 amide bonds. The molecule has 0 radical (unpaired) electrons. The molecule has 0 spiro atoms. The van der Waals surface area contributed by atoms with Crippen molar-refractivity contribution in [1.29, 1.82) is 0 Å². The van der Waals surface area contributed by atoms with E-state index in [2.05, 4.69) is 56.6 Å². The molecule has 11 heteroatoms. The summed E-state index contributed by atoms with van der Waals surface area (Å²) in [5.41, 5.74) is 12.8. The number of morpholine rings is 1. The molecule has 0 saturated carbocycles. The molecule has 5 rings (SSSR count). The van der Waals surface area contributed by atoms with E-state index in [0.29, 0.717) is 29.1 Å². The van der Waals surface area contributed by atoms with Gasteiger partial charge in [0.15, 0.2) is 0 Å². The van der Waals surface area contributed by atoms with Crippen molar-refractivity contribution in [1.82, 2.24) is 15.6 Å². The molecule has 10 nitrogen and oxygen atoms in total. The number of carbonyl (C=O) groups excluding carboxylic acids is 3. The predicted molar refractivity (Wildman–Crippen MR) is 225 cm³/mol. The second-order valence-corrected chi connectivity index (χ2v) is 14.3. The predicted octanol–water partition coefficient (Wildman–Crippen LogP) is 8.39. The number of aryl methyl sites for hydroxylation is 1. The highest BCUT2D eigenvalue weighted by molar-refractivity contribution is 6.36. The molecular weight excluding hydrogens is 714 g/mol. The number of carbonyl (C=O) groups is 3. The van der Waals surface area contributed by atoms with Gasteiger partial charge in [-0.25, -0.2) is 4.98 Å². The molecule has 1 aliphatic heterocycles. The summed E-state index contributed by atoms with van der Waals surface area (Å²) in [4.78, 5) is 41.2. The number of aromatic nitrogens is 1. The number of likely N-dealkylation sites (N-methyl/N-ethyl adjacent to an activating group) is 1. The topological polar surface area (TPSA) is 145 Å². The maximum absolute atomic E-state index is 13.1. The number of benzene rings is 2. The molecule has 3 atom stereocenters. The van der Waals surface area contributed by atoms with Gasteiger partial charge in [-0.3, -0.25) is 14.4 Å². The van der Waals surface area contributed by atoms with Gasteiger partial charge in [0.1, 0.15) is 12.2 Å². The Hall–Kier alpha value is -4.25. The Labute approximate surface area is 333 Å². The number of anilines is 1. The van der Waals surface area contributed by atoms with E-state index in [1.807, 2.05) is 50.2 Å². The van der Waals surface area contributed by atoms with Gasteiger partial charge < -0.3 is 31.2 Å². The Morgan fingerprint density at radius 3 is 2.35 bits per heavy atom. The quantitative estimate of drug-likeness (QED) is 0.0776. The van der Waals surface area contributed by atoms with E-state index in [4.69, 9.17) is 31.8 Å². The Bertz CT molecular complexity index is 1800. The van der Waals surface area contributed by atoms with Crippen LogP contribution in [0, 0.1) is 5.92 Å². The van der Waals surface area contributed by atoms with Crippen LogP contribution < -0.4 is 26.4 Å². The molecule has 2 aromatic carbocycles. The number of nitrogens with two attached hydrogens (primary N) is 1. The Kier molecular flexibility index (Phi) is 17.8. The van der Waals surface area contributed by atoms with Crippen LogP contribution in [0.4, 0.5) is 5.69 Å². The number of pyridine rings is 1. The molecule has 55 heavy (non-hydrogen) atoms. The Morgan fingerprint density at radius 2 is 1.75 bits per heavy atom. The zero-order valence-corrected chi connectivity index (χ0v) is 35.0. The number of methoxy groups -OCH3 is 1. The molecule has 2 heterocycles. The third-order valence-electron chi connectivity index (χ3n) is 10.5. The van der Waals surface area contributed by atoms with Crippen LogP contribution >= 0.6 is 11.6 Å². The first-order valence-electron chi connectivity index (χ1n) is 19.8. The van der Waals surface area contributed by atoms with E-state index >= 15 is 0 Å². The number of rotatable bonds is 13. The smallest absolute Gasteiger partial charge is 0.260 e. The Morgan fingerprint density at radius 1 is 1.05 bits per heavy atom. The summed E-state index contributed by atoms with van der Waals surface area (Å²) in [6.45, 7) is 15.7. The van der Waals surface area contributed by atoms with Crippen LogP contribution in [0.15, 0.2) is 54.1 Å². The fourth-order valence-corrected chi connectivity index (χ4v) is 7.35. The second-order valence-electron chi connectivity index (χ2n) is 14.0. The normalized spacial score (nSPS) is 17.3. The highest BCUT2D eigenvalue weighted by Crippen LogP contribution is 2.43. The number of ether oxygens (including phenoxy) is 2. The number of nitrogens with zero attached hydrogens (tertiary/aromatic N) is 1. The van der Waals surface area contributed by atoms with Gasteiger partial charge in [-0.05, 0) is 79.2 Å². The summed E-state index contributed by atoms with van der Waals surface area (Å²) in [7, 11) is 3.13. The number of hydrogen-bond acceptors (Lipinski definition) is 7. The number of halogens is 1. The lowest BCUT2D eigenvalue weighted by molar-refractivity contribution is -0.146. The van der Waals surface area contributed by atoms with Gasteiger partial charge in [0.25, 0.3) is 11.8 Å².